The Balaban J connectivity index is 1.58. The number of carbonyl (C=O) groups is 2. The fraction of sp³-hybridized carbons (Fsp3) is 0.474. The van der Waals surface area contributed by atoms with Gasteiger partial charge in [0.1, 0.15) is 10.8 Å². The van der Waals surface area contributed by atoms with E-state index in [1.54, 1.807) is 23.2 Å². The van der Waals surface area contributed by atoms with Crippen LogP contribution in [0.25, 0.3) is 0 Å². The Labute approximate surface area is 162 Å². The van der Waals surface area contributed by atoms with Crippen LogP contribution in [0.3, 0.4) is 0 Å². The molecule has 2 aromatic rings. The van der Waals surface area contributed by atoms with Crippen LogP contribution in [0.1, 0.15) is 48.0 Å². The van der Waals surface area contributed by atoms with Crippen molar-refractivity contribution in [2.75, 3.05) is 13.2 Å². The van der Waals surface area contributed by atoms with Gasteiger partial charge in [-0.25, -0.2) is 9.78 Å². The summed E-state index contributed by atoms with van der Waals surface area (Å²) in [5.74, 6) is 0.571. The zero-order valence-electron chi connectivity index (χ0n) is 15.5. The molecule has 0 unspecified atom stereocenters. The molecule has 0 bridgehead atoms. The summed E-state index contributed by atoms with van der Waals surface area (Å²) in [6.45, 7) is 4.33. The highest BCUT2D eigenvalue weighted by molar-refractivity contribution is 7.98. The van der Waals surface area contributed by atoms with E-state index in [9.17, 15) is 9.59 Å². The Morgan fingerprint density at radius 2 is 2.26 bits per heavy atom. The zero-order valence-corrected chi connectivity index (χ0v) is 16.3. The van der Waals surface area contributed by atoms with Gasteiger partial charge < -0.3 is 14.2 Å². The quantitative estimate of drug-likeness (QED) is 0.554. The molecule has 0 saturated carbocycles. The second kappa shape index (κ2) is 9.03. The van der Waals surface area contributed by atoms with E-state index in [0.29, 0.717) is 16.3 Å². The van der Waals surface area contributed by atoms with Crippen molar-refractivity contribution in [1.82, 2.24) is 15.0 Å². The molecule has 0 radical (unpaired) electrons. The number of hydrogen-bond acceptors (Lipinski definition) is 7. The SMILES string of the molecule is Cc1cc(CSc2ncccc2C(=O)OCC(=O)N2CCCC[C@@H]2C)no1. The lowest BCUT2D eigenvalue weighted by Crippen LogP contribution is -2.44. The fourth-order valence-electron chi connectivity index (χ4n) is 3.05. The Bertz CT molecular complexity index is 808. The maximum atomic E-state index is 12.5. The molecule has 1 amide bonds. The normalized spacial score (nSPS) is 17.0. The average molecular weight is 389 g/mol. The molecule has 1 aliphatic rings. The number of hydrogen-bond donors (Lipinski definition) is 0. The summed E-state index contributed by atoms with van der Waals surface area (Å²) < 4.78 is 10.3. The number of ether oxygens (including phenoxy) is 1. The number of carbonyl (C=O) groups excluding carboxylic acids is 2. The highest BCUT2D eigenvalue weighted by Gasteiger charge is 2.24. The molecule has 0 spiro atoms. The number of piperidine rings is 1. The van der Waals surface area contributed by atoms with E-state index >= 15 is 0 Å². The zero-order chi connectivity index (χ0) is 19.2. The molecule has 8 heteroatoms. The van der Waals surface area contributed by atoms with Crippen LogP contribution in [0.15, 0.2) is 33.9 Å². The van der Waals surface area contributed by atoms with Crippen LogP contribution < -0.4 is 0 Å². The van der Waals surface area contributed by atoms with Gasteiger partial charge in [0.15, 0.2) is 6.61 Å². The van der Waals surface area contributed by atoms with E-state index in [4.69, 9.17) is 9.26 Å². The number of aryl methyl sites for hydroxylation is 1. The first-order valence-corrected chi connectivity index (χ1v) is 9.99. The van der Waals surface area contributed by atoms with Crippen molar-refractivity contribution >= 4 is 23.6 Å². The summed E-state index contributed by atoms with van der Waals surface area (Å²) in [5.41, 5.74) is 1.12. The summed E-state index contributed by atoms with van der Waals surface area (Å²) in [6, 6.07) is 5.36. The van der Waals surface area contributed by atoms with Gasteiger partial charge >= 0.3 is 5.97 Å². The number of rotatable bonds is 6. The van der Waals surface area contributed by atoms with E-state index in [-0.39, 0.29) is 18.6 Å². The second-order valence-electron chi connectivity index (χ2n) is 6.58. The number of amides is 1. The first kappa shape index (κ1) is 19.4. The van der Waals surface area contributed by atoms with Gasteiger partial charge in [0.2, 0.25) is 0 Å². The van der Waals surface area contributed by atoms with Crippen LogP contribution in [-0.4, -0.2) is 46.1 Å². The Hall–Kier alpha value is -2.35. The Kier molecular flexibility index (Phi) is 6.49. The molecule has 0 aliphatic carbocycles. The average Bonchev–Trinajstić information content (AvgIpc) is 3.10. The number of likely N-dealkylation sites (tertiary alicyclic amines) is 1. The van der Waals surface area contributed by atoms with Gasteiger partial charge in [-0.15, -0.1) is 0 Å². The van der Waals surface area contributed by atoms with E-state index in [0.717, 1.165) is 37.3 Å². The molecule has 1 atom stereocenters. The van der Waals surface area contributed by atoms with Crippen molar-refractivity contribution in [1.29, 1.82) is 0 Å². The molecular formula is C19H23N3O4S. The van der Waals surface area contributed by atoms with Crippen LogP contribution >= 0.6 is 11.8 Å². The molecule has 1 fully saturated rings. The highest BCUT2D eigenvalue weighted by atomic mass is 32.2. The lowest BCUT2D eigenvalue weighted by Gasteiger charge is -2.33. The van der Waals surface area contributed by atoms with E-state index < -0.39 is 5.97 Å². The van der Waals surface area contributed by atoms with Crippen molar-refractivity contribution in [3.05, 3.63) is 41.4 Å². The fourth-order valence-corrected chi connectivity index (χ4v) is 3.91. The smallest absolute Gasteiger partial charge is 0.341 e. The van der Waals surface area contributed by atoms with Crippen LogP contribution in [0.5, 0.6) is 0 Å². The van der Waals surface area contributed by atoms with Crippen LogP contribution in [0.2, 0.25) is 0 Å². The largest absolute Gasteiger partial charge is 0.452 e. The predicted octanol–water partition coefficient (Wildman–Crippen LogP) is 3.23. The lowest BCUT2D eigenvalue weighted by atomic mass is 10.0. The molecule has 0 aromatic carbocycles. The number of nitrogens with zero attached hydrogens (tertiary/aromatic N) is 3. The van der Waals surface area contributed by atoms with Gasteiger partial charge in [-0.1, -0.05) is 16.9 Å². The third kappa shape index (κ3) is 5.09. The van der Waals surface area contributed by atoms with Crippen LogP contribution in [0, 0.1) is 6.92 Å². The van der Waals surface area contributed by atoms with Crippen molar-refractivity contribution in [3.63, 3.8) is 0 Å². The van der Waals surface area contributed by atoms with Gasteiger partial charge in [-0.2, -0.15) is 0 Å². The van der Waals surface area contributed by atoms with Gasteiger partial charge in [0.25, 0.3) is 5.91 Å². The van der Waals surface area contributed by atoms with Crippen molar-refractivity contribution in [2.45, 2.75) is 49.9 Å². The standard InChI is InChI=1S/C19H23N3O4S/c1-13-6-3-4-9-22(13)17(23)11-25-19(24)16-7-5-8-20-18(16)27-12-15-10-14(2)26-21-15/h5,7-8,10,13H,3-4,6,9,11-12H2,1-2H3/t13-/m0/s1. The topological polar surface area (TPSA) is 85.5 Å². The molecule has 0 N–H and O–H groups in total. The summed E-state index contributed by atoms with van der Waals surface area (Å²) in [7, 11) is 0. The minimum absolute atomic E-state index is 0.147. The Morgan fingerprint density at radius 3 is 3.00 bits per heavy atom. The van der Waals surface area contributed by atoms with Crippen molar-refractivity contribution < 1.29 is 18.8 Å². The van der Waals surface area contributed by atoms with Gasteiger partial charge in [0, 0.05) is 30.6 Å². The van der Waals surface area contributed by atoms with Crippen LogP contribution in [0.4, 0.5) is 0 Å². The molecule has 7 nitrogen and oxygen atoms in total. The van der Waals surface area contributed by atoms with Gasteiger partial charge in [0.05, 0.1) is 11.3 Å². The summed E-state index contributed by atoms with van der Waals surface area (Å²) in [4.78, 5) is 30.9. The Morgan fingerprint density at radius 1 is 1.41 bits per heavy atom. The van der Waals surface area contributed by atoms with Gasteiger partial charge in [-0.05, 0) is 45.2 Å². The highest BCUT2D eigenvalue weighted by Crippen LogP contribution is 2.25. The second-order valence-corrected chi connectivity index (χ2v) is 7.55. The minimum Gasteiger partial charge on any atom is -0.452 e. The molecule has 1 saturated heterocycles. The minimum atomic E-state index is -0.542. The molecule has 27 heavy (non-hydrogen) atoms. The third-order valence-electron chi connectivity index (χ3n) is 4.47. The van der Waals surface area contributed by atoms with E-state index in [1.165, 1.54) is 11.8 Å². The monoisotopic (exact) mass is 389 g/mol. The maximum absolute atomic E-state index is 12.5. The molecule has 2 aromatic heterocycles. The van der Waals surface area contributed by atoms with Crippen molar-refractivity contribution in [3.8, 4) is 0 Å². The van der Waals surface area contributed by atoms with E-state index in [2.05, 4.69) is 10.1 Å². The molecule has 3 rings (SSSR count). The number of esters is 1. The number of pyridine rings is 1. The summed E-state index contributed by atoms with van der Waals surface area (Å²) >= 11 is 1.37. The first-order valence-electron chi connectivity index (χ1n) is 9.01. The maximum Gasteiger partial charge on any atom is 0.341 e. The van der Waals surface area contributed by atoms with Crippen molar-refractivity contribution in [2.24, 2.45) is 0 Å². The van der Waals surface area contributed by atoms with Crippen LogP contribution in [-0.2, 0) is 15.3 Å². The molecule has 1 aliphatic heterocycles. The summed E-state index contributed by atoms with van der Waals surface area (Å²) in [6.07, 6.45) is 4.74. The third-order valence-corrected chi connectivity index (χ3v) is 5.51. The molecule has 3 heterocycles. The number of thioether (sulfide) groups is 1. The summed E-state index contributed by atoms with van der Waals surface area (Å²) in [5, 5.41) is 4.48. The number of aromatic nitrogens is 2. The molecular weight excluding hydrogens is 366 g/mol. The van der Waals surface area contributed by atoms with Gasteiger partial charge in [-0.3, -0.25) is 4.79 Å². The molecule has 144 valence electrons. The first-order chi connectivity index (χ1) is 13.0. The predicted molar refractivity (Wildman–Crippen MR) is 100 cm³/mol. The lowest BCUT2D eigenvalue weighted by molar-refractivity contribution is -0.137. The van der Waals surface area contributed by atoms with E-state index in [1.807, 2.05) is 19.9 Å².